The van der Waals surface area contributed by atoms with E-state index >= 15 is 0 Å². The number of carbonyl (C=O) groups is 1. The third-order valence-electron chi connectivity index (χ3n) is 4.26. The maximum atomic E-state index is 13.0. The molecule has 0 heterocycles. The molecule has 9 heteroatoms. The van der Waals surface area contributed by atoms with Crippen LogP contribution in [0.2, 0.25) is 5.02 Å². The molecular formula is C22H20ClFN2O4S. The molecule has 0 saturated carbocycles. The van der Waals surface area contributed by atoms with E-state index in [0.717, 1.165) is 0 Å². The molecule has 162 valence electrons. The van der Waals surface area contributed by atoms with Crippen molar-refractivity contribution in [3.8, 4) is 5.75 Å². The number of sulfonamides is 1. The van der Waals surface area contributed by atoms with Gasteiger partial charge in [0.1, 0.15) is 11.6 Å². The summed E-state index contributed by atoms with van der Waals surface area (Å²) in [6.07, 6.45) is -0.405. The quantitative estimate of drug-likeness (QED) is 0.489. The second-order valence-electron chi connectivity index (χ2n) is 6.60. The molecule has 0 aliphatic carbocycles. The summed E-state index contributed by atoms with van der Waals surface area (Å²) in [5.41, 5.74) is 0.751. The molecule has 3 rings (SSSR count). The van der Waals surface area contributed by atoms with Crippen molar-refractivity contribution in [2.24, 2.45) is 0 Å². The number of hydrogen-bond acceptors (Lipinski definition) is 4. The summed E-state index contributed by atoms with van der Waals surface area (Å²) in [5, 5.41) is 3.10. The van der Waals surface area contributed by atoms with Crippen LogP contribution >= 0.6 is 11.6 Å². The van der Waals surface area contributed by atoms with Gasteiger partial charge in [0, 0.05) is 10.7 Å². The Morgan fingerprint density at radius 1 is 1.03 bits per heavy atom. The summed E-state index contributed by atoms with van der Waals surface area (Å²) >= 11 is 5.88. The van der Waals surface area contributed by atoms with Crippen molar-refractivity contribution in [1.29, 1.82) is 0 Å². The van der Waals surface area contributed by atoms with Gasteiger partial charge in [-0.05, 0) is 73.2 Å². The van der Waals surface area contributed by atoms with Crippen LogP contribution in [0.25, 0.3) is 0 Å². The van der Waals surface area contributed by atoms with Crippen molar-refractivity contribution in [2.45, 2.75) is 24.3 Å². The third kappa shape index (κ3) is 6.19. The Bertz CT molecular complexity index is 1150. The molecule has 0 fully saturated rings. The molecule has 0 aromatic heterocycles. The second-order valence-corrected chi connectivity index (χ2v) is 8.72. The number of rotatable bonds is 8. The molecule has 2 N–H and O–H groups in total. The van der Waals surface area contributed by atoms with Crippen LogP contribution in [0.3, 0.4) is 0 Å². The smallest absolute Gasteiger partial charge is 0.265 e. The molecule has 31 heavy (non-hydrogen) atoms. The van der Waals surface area contributed by atoms with Gasteiger partial charge in [0.2, 0.25) is 0 Å². The topological polar surface area (TPSA) is 84.5 Å². The van der Waals surface area contributed by atoms with Crippen molar-refractivity contribution < 1.29 is 22.3 Å². The van der Waals surface area contributed by atoms with Crippen molar-refractivity contribution in [3.05, 3.63) is 83.6 Å². The zero-order chi connectivity index (χ0) is 22.4. The summed E-state index contributed by atoms with van der Waals surface area (Å²) < 4.78 is 46.2. The van der Waals surface area contributed by atoms with Gasteiger partial charge in [0.25, 0.3) is 15.9 Å². The monoisotopic (exact) mass is 462 g/mol. The SMILES string of the molecule is CC[C@H](Oc1ccc(F)cc1)C(=O)Nc1ccc(S(=O)(=O)Nc2cccc(Cl)c2)cc1. The van der Waals surface area contributed by atoms with Gasteiger partial charge in [-0.25, -0.2) is 12.8 Å². The van der Waals surface area contributed by atoms with Crippen LogP contribution in [0.5, 0.6) is 5.75 Å². The number of amides is 1. The Balaban J connectivity index is 1.66. The molecular weight excluding hydrogens is 443 g/mol. The van der Waals surface area contributed by atoms with Gasteiger partial charge >= 0.3 is 0 Å². The number of halogens is 2. The Kier molecular flexibility index (Phi) is 7.14. The maximum Gasteiger partial charge on any atom is 0.265 e. The summed E-state index contributed by atoms with van der Waals surface area (Å²) in [6.45, 7) is 1.78. The van der Waals surface area contributed by atoms with Crippen molar-refractivity contribution in [3.63, 3.8) is 0 Å². The fraction of sp³-hybridized carbons (Fsp3) is 0.136. The van der Waals surface area contributed by atoms with Gasteiger partial charge in [-0.3, -0.25) is 9.52 Å². The fourth-order valence-corrected chi connectivity index (χ4v) is 3.95. The molecule has 0 radical (unpaired) electrons. The lowest BCUT2D eigenvalue weighted by molar-refractivity contribution is -0.122. The minimum Gasteiger partial charge on any atom is -0.481 e. The highest BCUT2D eigenvalue weighted by molar-refractivity contribution is 7.92. The molecule has 0 unspecified atom stereocenters. The van der Waals surface area contributed by atoms with Gasteiger partial charge in [-0.2, -0.15) is 0 Å². The lowest BCUT2D eigenvalue weighted by Crippen LogP contribution is -2.32. The molecule has 0 aliphatic heterocycles. The van der Waals surface area contributed by atoms with Crippen LogP contribution in [0.4, 0.5) is 15.8 Å². The number of anilines is 2. The van der Waals surface area contributed by atoms with E-state index < -0.39 is 27.9 Å². The van der Waals surface area contributed by atoms with Crippen molar-refractivity contribution in [1.82, 2.24) is 0 Å². The second kappa shape index (κ2) is 9.80. The Morgan fingerprint density at radius 3 is 2.32 bits per heavy atom. The standard InChI is InChI=1S/C22H20ClFN2O4S/c1-2-21(30-19-10-6-16(24)7-11-19)22(27)25-17-8-12-20(13-9-17)31(28,29)26-18-5-3-4-15(23)14-18/h3-14,21,26H,2H2,1H3,(H,25,27)/t21-/m0/s1. The van der Waals surface area contributed by atoms with Gasteiger partial charge in [-0.1, -0.05) is 24.6 Å². The predicted octanol–water partition coefficient (Wildman–Crippen LogP) is 5.08. The number of ether oxygens (including phenoxy) is 1. The van der Waals surface area contributed by atoms with Crippen molar-refractivity contribution >= 4 is 38.9 Å². The molecule has 1 amide bonds. The van der Waals surface area contributed by atoms with Gasteiger partial charge in [0.15, 0.2) is 6.10 Å². The third-order valence-corrected chi connectivity index (χ3v) is 5.90. The van der Waals surface area contributed by atoms with Gasteiger partial charge < -0.3 is 10.1 Å². The molecule has 0 bridgehead atoms. The maximum absolute atomic E-state index is 13.0. The lowest BCUT2D eigenvalue weighted by atomic mass is 10.2. The van der Waals surface area contributed by atoms with E-state index in [2.05, 4.69) is 10.0 Å². The molecule has 3 aromatic rings. The molecule has 3 aromatic carbocycles. The molecule has 6 nitrogen and oxygen atoms in total. The zero-order valence-electron chi connectivity index (χ0n) is 16.5. The summed E-state index contributed by atoms with van der Waals surface area (Å²) in [6, 6.07) is 17.5. The first-order valence-electron chi connectivity index (χ1n) is 9.38. The highest BCUT2D eigenvalue weighted by Gasteiger charge is 2.19. The van der Waals surface area contributed by atoms with Gasteiger partial charge in [-0.15, -0.1) is 0 Å². The van der Waals surface area contributed by atoms with E-state index in [-0.39, 0.29) is 4.90 Å². The zero-order valence-corrected chi connectivity index (χ0v) is 18.1. The molecule has 0 spiro atoms. The lowest BCUT2D eigenvalue weighted by Gasteiger charge is -2.17. The highest BCUT2D eigenvalue weighted by Crippen LogP contribution is 2.21. The number of benzene rings is 3. The van der Waals surface area contributed by atoms with E-state index in [1.807, 2.05) is 0 Å². The highest BCUT2D eigenvalue weighted by atomic mass is 35.5. The minimum atomic E-state index is -3.82. The van der Waals surface area contributed by atoms with Gasteiger partial charge in [0.05, 0.1) is 10.6 Å². The average Bonchev–Trinajstić information content (AvgIpc) is 2.73. The van der Waals surface area contributed by atoms with E-state index in [1.165, 1.54) is 54.6 Å². The normalized spacial score (nSPS) is 12.1. The van der Waals surface area contributed by atoms with Crippen LogP contribution < -0.4 is 14.8 Å². The van der Waals surface area contributed by atoms with Crippen molar-refractivity contribution in [2.75, 3.05) is 10.0 Å². The first-order valence-corrected chi connectivity index (χ1v) is 11.2. The average molecular weight is 463 g/mol. The van der Waals surface area contributed by atoms with Crippen LogP contribution in [0, 0.1) is 5.82 Å². The first kappa shape index (κ1) is 22.6. The predicted molar refractivity (Wildman–Crippen MR) is 118 cm³/mol. The fourth-order valence-electron chi connectivity index (χ4n) is 2.71. The molecule has 0 aliphatic rings. The summed E-state index contributed by atoms with van der Waals surface area (Å²) in [7, 11) is -3.82. The van der Waals surface area contributed by atoms with E-state index in [4.69, 9.17) is 16.3 Å². The van der Waals surface area contributed by atoms with Crippen LogP contribution in [-0.2, 0) is 14.8 Å². The largest absolute Gasteiger partial charge is 0.481 e. The van der Waals surface area contributed by atoms with E-state index in [9.17, 15) is 17.6 Å². The Morgan fingerprint density at radius 2 is 1.71 bits per heavy atom. The van der Waals surface area contributed by atoms with E-state index in [0.29, 0.717) is 28.6 Å². The Labute approximate surface area is 185 Å². The van der Waals surface area contributed by atoms with E-state index in [1.54, 1.807) is 25.1 Å². The summed E-state index contributed by atoms with van der Waals surface area (Å²) in [4.78, 5) is 12.5. The minimum absolute atomic E-state index is 0.0279. The Hall–Kier alpha value is -3.10. The molecule has 0 saturated heterocycles. The first-order chi connectivity index (χ1) is 14.8. The van der Waals surface area contributed by atoms with Crippen LogP contribution in [0.1, 0.15) is 13.3 Å². The van der Waals surface area contributed by atoms with Crippen LogP contribution in [0.15, 0.2) is 77.7 Å². The number of carbonyl (C=O) groups excluding carboxylic acids is 1. The number of hydrogen-bond donors (Lipinski definition) is 2. The van der Waals surface area contributed by atoms with Crippen LogP contribution in [-0.4, -0.2) is 20.4 Å². The molecule has 1 atom stereocenters. The summed E-state index contributed by atoms with van der Waals surface area (Å²) in [5.74, 6) is -0.429. The number of nitrogens with one attached hydrogen (secondary N) is 2.